The van der Waals surface area contributed by atoms with Gasteiger partial charge in [0.1, 0.15) is 5.82 Å². The standard InChI is InChI=1S/C28H30N4/c1-2-5-23(4-1)28-31-18-27(32-28)22-13-11-20(12-14-22)19-7-9-21(10-8-19)24-16-26(30-17-24)25-6-3-15-29-25/h7-14,17-18,23,25,29H,1-6,15-16H2,(H,31,32)/t25-/m0/s1. The van der Waals surface area contributed by atoms with Crippen LogP contribution in [0.3, 0.4) is 0 Å². The number of aliphatic imine (C=N–C) groups is 1. The number of rotatable bonds is 5. The van der Waals surface area contributed by atoms with Crippen LogP contribution in [-0.4, -0.2) is 28.3 Å². The number of nitrogens with zero attached hydrogens (tertiary/aromatic N) is 2. The highest BCUT2D eigenvalue weighted by Crippen LogP contribution is 2.34. The lowest BCUT2D eigenvalue weighted by molar-refractivity contribution is 0.679. The topological polar surface area (TPSA) is 53.1 Å². The highest BCUT2D eigenvalue weighted by molar-refractivity contribution is 6.01. The van der Waals surface area contributed by atoms with Crippen molar-refractivity contribution < 1.29 is 0 Å². The molecule has 0 unspecified atom stereocenters. The number of hydrogen-bond donors (Lipinski definition) is 2. The first-order chi connectivity index (χ1) is 15.8. The molecule has 3 heterocycles. The van der Waals surface area contributed by atoms with E-state index in [0.29, 0.717) is 12.0 Å². The van der Waals surface area contributed by atoms with Gasteiger partial charge in [0, 0.05) is 30.3 Å². The maximum Gasteiger partial charge on any atom is 0.109 e. The summed E-state index contributed by atoms with van der Waals surface area (Å²) in [6.45, 7) is 1.12. The Morgan fingerprint density at radius 2 is 1.44 bits per heavy atom. The third-order valence-corrected chi connectivity index (χ3v) is 7.34. The lowest BCUT2D eigenvalue weighted by Gasteiger charge is -2.11. The Hall–Kier alpha value is -2.98. The van der Waals surface area contributed by atoms with Gasteiger partial charge in [-0.2, -0.15) is 0 Å². The molecule has 1 saturated heterocycles. The monoisotopic (exact) mass is 422 g/mol. The number of aromatic amines is 1. The van der Waals surface area contributed by atoms with Crippen LogP contribution in [-0.2, 0) is 0 Å². The summed E-state index contributed by atoms with van der Waals surface area (Å²) in [5.41, 5.74) is 8.70. The highest BCUT2D eigenvalue weighted by Gasteiger charge is 2.23. The van der Waals surface area contributed by atoms with Gasteiger partial charge < -0.3 is 10.3 Å². The Bertz CT molecular complexity index is 1140. The third-order valence-electron chi connectivity index (χ3n) is 7.34. The van der Waals surface area contributed by atoms with Crippen LogP contribution in [0.5, 0.6) is 0 Å². The fourth-order valence-electron chi connectivity index (χ4n) is 5.42. The lowest BCUT2D eigenvalue weighted by atomic mass is 9.96. The largest absolute Gasteiger partial charge is 0.342 e. The van der Waals surface area contributed by atoms with E-state index < -0.39 is 0 Å². The molecule has 2 aromatic carbocycles. The van der Waals surface area contributed by atoms with Crippen LogP contribution in [0, 0.1) is 0 Å². The van der Waals surface area contributed by atoms with Crippen molar-refractivity contribution in [3.8, 4) is 22.4 Å². The molecular formula is C28H30N4. The summed E-state index contributed by atoms with van der Waals surface area (Å²) in [5.74, 6) is 1.78. The van der Waals surface area contributed by atoms with Crippen LogP contribution < -0.4 is 5.32 Å². The Kier molecular flexibility index (Phi) is 5.24. The Balaban J connectivity index is 1.13. The average molecular weight is 423 g/mol. The molecule has 3 aromatic rings. The number of aromatic nitrogens is 2. The smallest absolute Gasteiger partial charge is 0.109 e. The second kappa shape index (κ2) is 8.51. The number of allylic oxidation sites excluding steroid dienone is 1. The zero-order chi connectivity index (χ0) is 21.3. The molecule has 1 aliphatic carbocycles. The zero-order valence-corrected chi connectivity index (χ0v) is 18.5. The third kappa shape index (κ3) is 3.84. The summed E-state index contributed by atoms with van der Waals surface area (Å²) in [5, 5.41) is 3.56. The molecule has 1 saturated carbocycles. The van der Waals surface area contributed by atoms with Crippen LogP contribution in [0.1, 0.15) is 62.3 Å². The molecule has 3 aliphatic rings. The Morgan fingerprint density at radius 1 is 0.750 bits per heavy atom. The summed E-state index contributed by atoms with van der Waals surface area (Å²) < 4.78 is 0. The fourth-order valence-corrected chi connectivity index (χ4v) is 5.42. The minimum absolute atomic E-state index is 0.477. The predicted molar refractivity (Wildman–Crippen MR) is 132 cm³/mol. The van der Waals surface area contributed by atoms with E-state index in [2.05, 4.69) is 70.0 Å². The molecule has 0 bridgehead atoms. The molecule has 32 heavy (non-hydrogen) atoms. The van der Waals surface area contributed by atoms with E-state index in [-0.39, 0.29) is 0 Å². The first-order valence-electron chi connectivity index (χ1n) is 12.1. The molecule has 0 spiro atoms. The molecule has 4 nitrogen and oxygen atoms in total. The van der Waals surface area contributed by atoms with Crippen molar-refractivity contribution in [3.63, 3.8) is 0 Å². The van der Waals surface area contributed by atoms with Crippen molar-refractivity contribution in [1.29, 1.82) is 0 Å². The average Bonchev–Trinajstić information content (AvgIpc) is 3.66. The van der Waals surface area contributed by atoms with Crippen LogP contribution in [0.4, 0.5) is 0 Å². The molecule has 2 N–H and O–H groups in total. The number of hydrogen-bond acceptors (Lipinski definition) is 3. The first kappa shape index (κ1) is 19.7. The van der Waals surface area contributed by atoms with Gasteiger partial charge in [0.05, 0.1) is 11.9 Å². The van der Waals surface area contributed by atoms with Crippen LogP contribution in [0.15, 0.2) is 65.9 Å². The maximum atomic E-state index is 4.71. The number of nitrogens with one attached hydrogen (secondary N) is 2. The second-order valence-corrected chi connectivity index (χ2v) is 9.42. The van der Waals surface area contributed by atoms with E-state index in [1.807, 2.05) is 6.20 Å². The molecule has 2 fully saturated rings. The van der Waals surface area contributed by atoms with Gasteiger partial charge >= 0.3 is 0 Å². The number of benzene rings is 2. The van der Waals surface area contributed by atoms with Crippen LogP contribution >= 0.6 is 0 Å². The Morgan fingerprint density at radius 3 is 2.12 bits per heavy atom. The molecule has 2 aliphatic heterocycles. The Labute approximate surface area is 189 Å². The van der Waals surface area contributed by atoms with Gasteiger partial charge in [-0.25, -0.2) is 4.98 Å². The van der Waals surface area contributed by atoms with E-state index in [0.717, 1.165) is 24.5 Å². The molecular weight excluding hydrogens is 392 g/mol. The summed E-state index contributed by atoms with van der Waals surface area (Å²) in [6.07, 6.45) is 12.7. The zero-order valence-electron chi connectivity index (χ0n) is 18.5. The van der Waals surface area contributed by atoms with Crippen molar-refractivity contribution in [3.05, 3.63) is 72.3 Å². The first-order valence-corrected chi connectivity index (χ1v) is 12.1. The van der Waals surface area contributed by atoms with Crippen LogP contribution in [0.2, 0.25) is 0 Å². The normalized spacial score (nSPS) is 21.2. The van der Waals surface area contributed by atoms with E-state index in [1.54, 1.807) is 0 Å². The molecule has 1 atom stereocenters. The van der Waals surface area contributed by atoms with E-state index in [1.165, 1.54) is 72.1 Å². The summed E-state index contributed by atoms with van der Waals surface area (Å²) >= 11 is 0. The van der Waals surface area contributed by atoms with Crippen molar-refractivity contribution in [2.24, 2.45) is 4.99 Å². The summed E-state index contributed by atoms with van der Waals surface area (Å²) in [4.78, 5) is 12.9. The number of H-pyrrole nitrogens is 1. The van der Waals surface area contributed by atoms with Gasteiger partial charge in [-0.15, -0.1) is 0 Å². The maximum absolute atomic E-state index is 4.71. The van der Waals surface area contributed by atoms with Gasteiger partial charge in [0.15, 0.2) is 0 Å². The van der Waals surface area contributed by atoms with Gasteiger partial charge in [0.2, 0.25) is 0 Å². The molecule has 1 aromatic heterocycles. The van der Waals surface area contributed by atoms with Crippen molar-refractivity contribution in [2.45, 2.75) is 56.9 Å². The molecule has 4 heteroatoms. The lowest BCUT2D eigenvalue weighted by Crippen LogP contribution is -2.29. The summed E-state index contributed by atoms with van der Waals surface area (Å²) in [7, 11) is 0. The van der Waals surface area contributed by atoms with Gasteiger partial charge in [-0.1, -0.05) is 61.4 Å². The van der Waals surface area contributed by atoms with Gasteiger partial charge in [-0.3, -0.25) is 4.99 Å². The van der Waals surface area contributed by atoms with Gasteiger partial charge in [0.25, 0.3) is 0 Å². The molecule has 0 amide bonds. The number of imidazole rings is 1. The second-order valence-electron chi connectivity index (χ2n) is 9.42. The van der Waals surface area contributed by atoms with E-state index in [9.17, 15) is 0 Å². The predicted octanol–water partition coefficient (Wildman–Crippen LogP) is 6.34. The quantitative estimate of drug-likeness (QED) is 0.504. The van der Waals surface area contributed by atoms with Gasteiger partial charge in [-0.05, 0) is 60.1 Å². The molecule has 6 rings (SSSR count). The fraction of sp³-hybridized carbons (Fsp3) is 0.357. The summed E-state index contributed by atoms with van der Waals surface area (Å²) in [6, 6.07) is 18.2. The molecule has 162 valence electrons. The van der Waals surface area contributed by atoms with Crippen LogP contribution in [0.25, 0.3) is 28.0 Å². The van der Waals surface area contributed by atoms with E-state index in [4.69, 9.17) is 4.99 Å². The SMILES string of the molecule is C1=C(c2ccc(-c3ccc(-c4cnc(C5CCCC5)[nH]4)cc3)cc2)CC([C@@H]2CCCN2)=N1. The van der Waals surface area contributed by atoms with Crippen molar-refractivity contribution in [2.75, 3.05) is 6.54 Å². The minimum atomic E-state index is 0.477. The van der Waals surface area contributed by atoms with Crippen molar-refractivity contribution in [1.82, 2.24) is 15.3 Å². The van der Waals surface area contributed by atoms with E-state index >= 15 is 0 Å². The van der Waals surface area contributed by atoms with Crippen molar-refractivity contribution >= 4 is 11.3 Å². The highest BCUT2D eigenvalue weighted by atomic mass is 15.0. The molecule has 0 radical (unpaired) electrons. The minimum Gasteiger partial charge on any atom is -0.342 e.